The number of fused-ring (bicyclic) bond motifs is 1. The largest absolute Gasteiger partial charge is 0.486 e. The Kier molecular flexibility index (Phi) is 4.44. The van der Waals surface area contributed by atoms with E-state index in [-0.39, 0.29) is 5.92 Å². The molecule has 0 saturated heterocycles. The summed E-state index contributed by atoms with van der Waals surface area (Å²) in [5.41, 5.74) is 1.03. The van der Waals surface area contributed by atoms with E-state index in [1.807, 2.05) is 30.4 Å². The first-order chi connectivity index (χ1) is 9.16. The lowest BCUT2D eigenvalue weighted by Crippen LogP contribution is -2.15. The third-order valence-corrected chi connectivity index (χ3v) is 3.06. The van der Waals surface area contributed by atoms with Crippen molar-refractivity contribution in [2.75, 3.05) is 13.2 Å². The normalized spacial score (nSPS) is 15.4. The van der Waals surface area contributed by atoms with Crippen molar-refractivity contribution in [2.24, 2.45) is 5.92 Å². The van der Waals surface area contributed by atoms with Gasteiger partial charge in [0.15, 0.2) is 11.5 Å². The Balaban J connectivity index is 1.90. The minimum atomic E-state index is -0.743. The molecule has 0 spiro atoms. The molecule has 2 rings (SSSR count). The monoisotopic (exact) mass is 262 g/mol. The maximum atomic E-state index is 10.7. The van der Waals surface area contributed by atoms with E-state index >= 15 is 0 Å². The minimum Gasteiger partial charge on any atom is -0.486 e. The average Bonchev–Trinajstić information content (AvgIpc) is 2.43. The zero-order valence-corrected chi connectivity index (χ0v) is 11.0. The van der Waals surface area contributed by atoms with E-state index in [9.17, 15) is 4.79 Å². The number of aliphatic carboxylic acids is 1. The van der Waals surface area contributed by atoms with E-state index in [1.54, 1.807) is 6.92 Å². The molecule has 0 saturated carbocycles. The molecule has 0 radical (unpaired) electrons. The number of allylic oxidation sites excluding steroid dienone is 1. The second-order valence-electron chi connectivity index (χ2n) is 4.62. The first-order valence-corrected chi connectivity index (χ1v) is 6.46. The van der Waals surface area contributed by atoms with Crippen molar-refractivity contribution in [1.29, 1.82) is 0 Å². The minimum absolute atomic E-state index is 0.301. The number of benzene rings is 1. The van der Waals surface area contributed by atoms with Gasteiger partial charge in [0.05, 0.1) is 5.92 Å². The molecule has 102 valence electrons. The molecule has 1 heterocycles. The fourth-order valence-electron chi connectivity index (χ4n) is 1.85. The van der Waals surface area contributed by atoms with Gasteiger partial charge in [0, 0.05) is 0 Å². The van der Waals surface area contributed by atoms with Crippen molar-refractivity contribution >= 4 is 12.0 Å². The summed E-state index contributed by atoms with van der Waals surface area (Å²) in [4.78, 5) is 10.7. The topological polar surface area (TPSA) is 55.8 Å². The second-order valence-corrected chi connectivity index (χ2v) is 4.62. The first kappa shape index (κ1) is 13.5. The molecule has 0 fully saturated rings. The predicted octanol–water partition coefficient (Wildman–Crippen LogP) is 2.97. The highest BCUT2D eigenvalue weighted by atomic mass is 16.6. The van der Waals surface area contributed by atoms with Gasteiger partial charge in [0.2, 0.25) is 0 Å². The van der Waals surface area contributed by atoms with Crippen LogP contribution in [0.4, 0.5) is 0 Å². The molecule has 4 nitrogen and oxygen atoms in total. The maximum Gasteiger partial charge on any atom is 0.306 e. The lowest BCUT2D eigenvalue weighted by molar-refractivity contribution is -0.141. The van der Waals surface area contributed by atoms with Crippen molar-refractivity contribution < 1.29 is 19.4 Å². The van der Waals surface area contributed by atoms with Crippen LogP contribution in [0.3, 0.4) is 0 Å². The number of hydrogen-bond acceptors (Lipinski definition) is 3. The number of carbonyl (C=O) groups is 1. The van der Waals surface area contributed by atoms with Gasteiger partial charge in [-0.25, -0.2) is 0 Å². The lowest BCUT2D eigenvalue weighted by Gasteiger charge is -2.18. The highest BCUT2D eigenvalue weighted by molar-refractivity contribution is 5.69. The standard InChI is InChI=1S/C15H18O4/c1-11(15(16)17)4-2-3-5-12-6-7-13-14(10-12)19-9-8-18-13/h3,5-7,10-11H,2,4,8-9H2,1H3,(H,16,17)/b5-3+. The summed E-state index contributed by atoms with van der Waals surface area (Å²) in [5.74, 6) is 0.507. The lowest BCUT2D eigenvalue weighted by atomic mass is 10.1. The Morgan fingerprint density at radius 3 is 2.84 bits per heavy atom. The van der Waals surface area contributed by atoms with Gasteiger partial charge in [-0.15, -0.1) is 0 Å². The molecule has 0 bridgehead atoms. The molecule has 0 amide bonds. The quantitative estimate of drug-likeness (QED) is 0.886. The summed E-state index contributed by atoms with van der Waals surface area (Å²) >= 11 is 0. The van der Waals surface area contributed by atoms with Crippen molar-refractivity contribution in [2.45, 2.75) is 19.8 Å². The second kappa shape index (κ2) is 6.27. The van der Waals surface area contributed by atoms with Crippen LogP contribution in [0, 0.1) is 5.92 Å². The van der Waals surface area contributed by atoms with E-state index in [2.05, 4.69) is 0 Å². The van der Waals surface area contributed by atoms with Crippen LogP contribution in [0.25, 0.3) is 6.08 Å². The molecule has 4 heteroatoms. The predicted molar refractivity (Wildman–Crippen MR) is 72.5 cm³/mol. The average molecular weight is 262 g/mol. The summed E-state index contributed by atoms with van der Waals surface area (Å²) in [7, 11) is 0. The van der Waals surface area contributed by atoms with Crippen LogP contribution in [0.15, 0.2) is 24.3 Å². The highest BCUT2D eigenvalue weighted by Crippen LogP contribution is 2.31. The smallest absolute Gasteiger partial charge is 0.306 e. The number of hydrogen-bond donors (Lipinski definition) is 1. The Hall–Kier alpha value is -1.97. The summed E-state index contributed by atoms with van der Waals surface area (Å²) < 4.78 is 11.0. The van der Waals surface area contributed by atoms with Crippen LogP contribution in [0.1, 0.15) is 25.3 Å². The van der Waals surface area contributed by atoms with Crippen molar-refractivity contribution in [3.63, 3.8) is 0 Å². The SMILES string of the molecule is CC(CC/C=C/c1ccc2c(c1)OCCO2)C(=O)O. The molecule has 1 aliphatic heterocycles. The first-order valence-electron chi connectivity index (χ1n) is 6.46. The van der Waals surface area contributed by atoms with Gasteiger partial charge in [-0.2, -0.15) is 0 Å². The number of ether oxygens (including phenoxy) is 2. The molecule has 1 atom stereocenters. The molecule has 1 aromatic carbocycles. The van der Waals surface area contributed by atoms with Gasteiger partial charge in [-0.3, -0.25) is 4.79 Å². The third kappa shape index (κ3) is 3.74. The van der Waals surface area contributed by atoms with Gasteiger partial charge in [-0.1, -0.05) is 25.1 Å². The molecule has 19 heavy (non-hydrogen) atoms. The Bertz CT molecular complexity index is 479. The fraction of sp³-hybridized carbons (Fsp3) is 0.400. The van der Waals surface area contributed by atoms with Crippen LogP contribution in [0.5, 0.6) is 11.5 Å². The summed E-state index contributed by atoms with van der Waals surface area (Å²) in [6, 6.07) is 5.80. The van der Waals surface area contributed by atoms with Gasteiger partial charge >= 0.3 is 5.97 Å². The van der Waals surface area contributed by atoms with Gasteiger partial charge in [0.1, 0.15) is 13.2 Å². The summed E-state index contributed by atoms with van der Waals surface area (Å²) in [6.45, 7) is 2.89. The fourth-order valence-corrected chi connectivity index (χ4v) is 1.85. The molecular weight excluding hydrogens is 244 g/mol. The van der Waals surface area contributed by atoms with E-state index in [0.29, 0.717) is 19.6 Å². The Morgan fingerprint density at radius 2 is 2.11 bits per heavy atom. The Labute approximate surface area is 112 Å². The maximum absolute atomic E-state index is 10.7. The number of carboxylic acid groups (broad SMARTS) is 1. The van der Waals surface area contributed by atoms with Crippen molar-refractivity contribution in [3.8, 4) is 11.5 Å². The molecule has 1 aromatic rings. The molecule has 1 aliphatic rings. The van der Waals surface area contributed by atoms with Gasteiger partial charge < -0.3 is 14.6 Å². The van der Waals surface area contributed by atoms with Crippen LogP contribution in [-0.2, 0) is 4.79 Å². The van der Waals surface area contributed by atoms with Crippen LogP contribution in [0.2, 0.25) is 0 Å². The van der Waals surface area contributed by atoms with E-state index < -0.39 is 5.97 Å². The molecule has 0 aliphatic carbocycles. The van der Waals surface area contributed by atoms with Crippen molar-refractivity contribution in [3.05, 3.63) is 29.8 Å². The van der Waals surface area contributed by atoms with E-state index in [0.717, 1.165) is 23.5 Å². The van der Waals surface area contributed by atoms with Crippen molar-refractivity contribution in [1.82, 2.24) is 0 Å². The summed E-state index contributed by atoms with van der Waals surface area (Å²) in [6.07, 6.45) is 5.37. The molecule has 1 N–H and O–H groups in total. The third-order valence-electron chi connectivity index (χ3n) is 3.06. The molecular formula is C15H18O4. The molecule has 0 aromatic heterocycles. The molecule has 1 unspecified atom stereocenters. The van der Waals surface area contributed by atoms with E-state index in [1.165, 1.54) is 0 Å². The van der Waals surface area contributed by atoms with E-state index in [4.69, 9.17) is 14.6 Å². The Morgan fingerprint density at radius 1 is 1.37 bits per heavy atom. The van der Waals surface area contributed by atoms with Crippen LogP contribution >= 0.6 is 0 Å². The number of carboxylic acids is 1. The highest BCUT2D eigenvalue weighted by Gasteiger charge is 2.11. The van der Waals surface area contributed by atoms with Gasteiger partial charge in [-0.05, 0) is 30.5 Å². The zero-order chi connectivity index (χ0) is 13.7. The van der Waals surface area contributed by atoms with Crippen LogP contribution in [-0.4, -0.2) is 24.3 Å². The number of rotatable bonds is 5. The van der Waals surface area contributed by atoms with Crippen LogP contribution < -0.4 is 9.47 Å². The van der Waals surface area contributed by atoms with Gasteiger partial charge in [0.25, 0.3) is 0 Å². The summed E-state index contributed by atoms with van der Waals surface area (Å²) in [5, 5.41) is 8.78. The zero-order valence-electron chi connectivity index (χ0n) is 11.0.